The molecule has 4 unspecified atom stereocenters. The first-order valence-electron chi connectivity index (χ1n) is 14.3. The molecule has 1 aromatic carbocycles. The minimum atomic E-state index is -1.39. The standard InChI is InChI=1S/C32H42O4/c1-27-7-19-8-28(2,13-27)16-31(11-19,15-27)22-6-5-21(25(33)34)23(26(35)36)24(22)32-12-20-9-29(3,17-32)14-30(4,10-20)18-32/h5-6,19-20H,7-18H2,1-4H3,(H,33,34)(H,35,36)/p-2. The van der Waals surface area contributed by atoms with Crippen LogP contribution in [0, 0.1) is 33.5 Å². The number of carbonyl (C=O) groups is 2. The van der Waals surface area contributed by atoms with Crippen LogP contribution < -0.4 is 10.2 Å². The molecule has 0 radical (unpaired) electrons. The molecule has 8 saturated carbocycles. The van der Waals surface area contributed by atoms with Crippen molar-refractivity contribution in [3.8, 4) is 0 Å². The largest absolute Gasteiger partial charge is 0.545 e. The smallest absolute Gasteiger partial charge is 0.0725 e. The SMILES string of the molecule is CC12CC3CC(C)(C1)CC(c1ccc(C(=O)[O-])c(C(=O)[O-])c1C14CC5CC(C)(CC(C)(C5)C1)C4)(C3)C2. The van der Waals surface area contributed by atoms with Gasteiger partial charge in [-0.15, -0.1) is 0 Å². The highest BCUT2D eigenvalue weighted by atomic mass is 16.4. The van der Waals surface area contributed by atoms with Crippen LogP contribution in [-0.4, -0.2) is 11.9 Å². The number of rotatable bonds is 4. The molecule has 8 aliphatic rings. The van der Waals surface area contributed by atoms with Gasteiger partial charge in [0.15, 0.2) is 0 Å². The summed E-state index contributed by atoms with van der Waals surface area (Å²) in [5.41, 5.74) is 2.37. The Labute approximate surface area is 215 Å². The Bertz CT molecular complexity index is 1170. The summed E-state index contributed by atoms with van der Waals surface area (Å²) in [7, 11) is 0. The van der Waals surface area contributed by atoms with Crippen LogP contribution in [0.3, 0.4) is 0 Å². The van der Waals surface area contributed by atoms with Gasteiger partial charge in [-0.2, -0.15) is 0 Å². The highest BCUT2D eigenvalue weighted by Gasteiger charge is 2.65. The average Bonchev–Trinajstić information content (AvgIpc) is 2.67. The number of benzene rings is 1. The van der Waals surface area contributed by atoms with Crippen LogP contribution in [0.15, 0.2) is 12.1 Å². The van der Waals surface area contributed by atoms with Gasteiger partial charge in [-0.05, 0) is 133 Å². The molecule has 0 aliphatic heterocycles. The summed E-state index contributed by atoms with van der Waals surface area (Å²) in [6.45, 7) is 9.70. The van der Waals surface area contributed by atoms with Crippen molar-refractivity contribution in [3.05, 3.63) is 34.4 Å². The number of hydrogen-bond acceptors (Lipinski definition) is 4. The van der Waals surface area contributed by atoms with E-state index in [0.29, 0.717) is 11.8 Å². The molecule has 4 nitrogen and oxygen atoms in total. The van der Waals surface area contributed by atoms with Crippen LogP contribution >= 0.6 is 0 Å². The molecular formula is C32H40O4-2. The van der Waals surface area contributed by atoms with Crippen LogP contribution in [0.1, 0.15) is 137 Å². The Hall–Kier alpha value is -1.84. The van der Waals surface area contributed by atoms with Crippen molar-refractivity contribution in [2.75, 3.05) is 0 Å². The molecule has 4 heteroatoms. The lowest BCUT2D eigenvalue weighted by atomic mass is 9.36. The Balaban J connectivity index is 1.51. The first-order valence-corrected chi connectivity index (χ1v) is 14.3. The predicted molar refractivity (Wildman–Crippen MR) is 133 cm³/mol. The van der Waals surface area contributed by atoms with Crippen LogP contribution in [0.2, 0.25) is 0 Å². The average molecular weight is 489 g/mol. The van der Waals surface area contributed by atoms with Gasteiger partial charge in [0.05, 0.1) is 11.9 Å². The second kappa shape index (κ2) is 6.59. The Morgan fingerprint density at radius 2 is 1.08 bits per heavy atom. The zero-order valence-corrected chi connectivity index (χ0v) is 22.4. The maximum Gasteiger partial charge on any atom is 0.0725 e. The molecule has 8 aliphatic carbocycles. The van der Waals surface area contributed by atoms with Gasteiger partial charge in [-0.25, -0.2) is 0 Å². The monoisotopic (exact) mass is 488 g/mol. The van der Waals surface area contributed by atoms with E-state index in [0.717, 1.165) is 44.1 Å². The number of carboxylic acids is 2. The Kier molecular flexibility index (Phi) is 4.26. The quantitative estimate of drug-likeness (QED) is 0.603. The molecule has 8 bridgehead atoms. The van der Waals surface area contributed by atoms with Crippen LogP contribution in [0.5, 0.6) is 0 Å². The van der Waals surface area contributed by atoms with Crippen molar-refractivity contribution in [2.24, 2.45) is 33.5 Å². The molecule has 0 amide bonds. The van der Waals surface area contributed by atoms with Gasteiger partial charge < -0.3 is 19.8 Å². The summed E-state index contributed by atoms with van der Waals surface area (Å²) in [6, 6.07) is 3.59. The van der Waals surface area contributed by atoms with E-state index in [9.17, 15) is 19.8 Å². The first kappa shape index (κ1) is 23.3. The van der Waals surface area contributed by atoms with Crippen molar-refractivity contribution in [3.63, 3.8) is 0 Å². The maximum absolute atomic E-state index is 12.9. The van der Waals surface area contributed by atoms with E-state index in [-0.39, 0.29) is 43.6 Å². The number of hydrogen-bond donors (Lipinski definition) is 0. The molecule has 0 saturated heterocycles. The summed E-state index contributed by atoms with van der Waals surface area (Å²) in [6.07, 6.45) is 13.6. The van der Waals surface area contributed by atoms with Crippen LogP contribution in [0.4, 0.5) is 0 Å². The first-order chi connectivity index (χ1) is 16.7. The van der Waals surface area contributed by atoms with E-state index in [1.165, 1.54) is 44.1 Å². The molecule has 0 N–H and O–H groups in total. The van der Waals surface area contributed by atoms with Crippen LogP contribution in [0.25, 0.3) is 0 Å². The van der Waals surface area contributed by atoms with E-state index < -0.39 is 11.9 Å². The molecule has 9 rings (SSSR count). The minimum Gasteiger partial charge on any atom is -0.545 e. The number of aromatic carboxylic acids is 2. The minimum absolute atomic E-state index is 0.0484. The fourth-order valence-electron chi connectivity index (χ4n) is 13.5. The van der Waals surface area contributed by atoms with Gasteiger partial charge in [0.2, 0.25) is 0 Å². The van der Waals surface area contributed by atoms with Crippen molar-refractivity contribution >= 4 is 11.9 Å². The van der Waals surface area contributed by atoms with E-state index in [1.807, 2.05) is 6.07 Å². The van der Waals surface area contributed by atoms with Crippen molar-refractivity contribution in [1.82, 2.24) is 0 Å². The molecular weight excluding hydrogens is 448 g/mol. The van der Waals surface area contributed by atoms with E-state index >= 15 is 0 Å². The van der Waals surface area contributed by atoms with E-state index in [1.54, 1.807) is 6.07 Å². The van der Waals surface area contributed by atoms with Gasteiger partial charge in [0, 0.05) is 11.1 Å². The summed E-state index contributed by atoms with van der Waals surface area (Å²) in [5, 5.41) is 25.2. The molecule has 8 fully saturated rings. The molecule has 0 heterocycles. The fraction of sp³-hybridized carbons (Fsp3) is 0.750. The Morgan fingerprint density at radius 1 is 0.639 bits per heavy atom. The molecule has 1 aromatic rings. The van der Waals surface area contributed by atoms with Crippen LogP contribution in [-0.2, 0) is 10.8 Å². The Morgan fingerprint density at radius 3 is 1.50 bits per heavy atom. The van der Waals surface area contributed by atoms with Crippen molar-refractivity contribution < 1.29 is 19.8 Å². The number of carboxylic acid groups (broad SMARTS) is 2. The van der Waals surface area contributed by atoms with Crippen molar-refractivity contribution in [2.45, 2.75) is 116 Å². The van der Waals surface area contributed by atoms with Crippen molar-refractivity contribution in [1.29, 1.82) is 0 Å². The lowest BCUT2D eigenvalue weighted by Gasteiger charge is -2.68. The third-order valence-corrected chi connectivity index (χ3v) is 12.0. The van der Waals surface area contributed by atoms with E-state index in [2.05, 4.69) is 27.7 Å². The summed E-state index contributed by atoms with van der Waals surface area (Å²) in [4.78, 5) is 25.2. The second-order valence-electron chi connectivity index (χ2n) is 16.3. The maximum atomic E-state index is 12.9. The normalized spacial score (nSPS) is 50.0. The van der Waals surface area contributed by atoms with Gasteiger partial charge in [0.25, 0.3) is 0 Å². The highest BCUT2D eigenvalue weighted by Crippen LogP contribution is 2.74. The molecule has 194 valence electrons. The third-order valence-electron chi connectivity index (χ3n) is 12.0. The van der Waals surface area contributed by atoms with Gasteiger partial charge in [0.1, 0.15) is 0 Å². The number of carbonyl (C=O) groups excluding carboxylic acids is 2. The molecule has 36 heavy (non-hydrogen) atoms. The molecule has 0 spiro atoms. The fourth-order valence-corrected chi connectivity index (χ4v) is 13.5. The topological polar surface area (TPSA) is 80.3 Å². The second-order valence-corrected chi connectivity index (χ2v) is 16.3. The summed E-state index contributed by atoms with van der Waals surface area (Å²) < 4.78 is 0. The van der Waals surface area contributed by atoms with Gasteiger partial charge in [-0.3, -0.25) is 0 Å². The molecule has 4 atom stereocenters. The van der Waals surface area contributed by atoms with Gasteiger partial charge >= 0.3 is 0 Å². The zero-order chi connectivity index (χ0) is 25.5. The van der Waals surface area contributed by atoms with Gasteiger partial charge in [-0.1, -0.05) is 39.8 Å². The molecule has 0 aromatic heterocycles. The van der Waals surface area contributed by atoms with E-state index in [4.69, 9.17) is 0 Å². The summed E-state index contributed by atoms with van der Waals surface area (Å²) in [5.74, 6) is -1.48. The predicted octanol–water partition coefficient (Wildman–Crippen LogP) is 4.91. The zero-order valence-electron chi connectivity index (χ0n) is 22.4. The summed E-state index contributed by atoms with van der Waals surface area (Å²) >= 11 is 0. The highest BCUT2D eigenvalue weighted by molar-refractivity contribution is 6.02. The third kappa shape index (κ3) is 3.05. The lowest BCUT2D eigenvalue weighted by molar-refractivity contribution is -0.260. The lowest BCUT2D eigenvalue weighted by Crippen LogP contribution is -2.60.